The largest absolute Gasteiger partial charge is 0.332 e. The van der Waals surface area contributed by atoms with E-state index in [4.69, 9.17) is 26.6 Å². The Morgan fingerprint density at radius 3 is 2.76 bits per heavy atom. The molecule has 1 saturated heterocycles. The van der Waals surface area contributed by atoms with Crippen LogP contribution in [0, 0.1) is 17.7 Å². The molecular weight excluding hydrogens is 795 g/mol. The molecule has 1 aromatic heterocycles. The van der Waals surface area contributed by atoms with Gasteiger partial charge in [-0.3, -0.25) is 9.98 Å². The molecule has 5 nitrogen and oxygen atoms in total. The number of thioether (sulfide) groups is 1. The van der Waals surface area contributed by atoms with Gasteiger partial charge in [0.05, 0.1) is 16.7 Å². The molecule has 2 aromatic rings. The van der Waals surface area contributed by atoms with E-state index in [0.717, 1.165) is 78.0 Å². The SMILES string of the molecule is C=C[C@@H](CCNC(C)CC(C)(CCI)c1ccccn1)C1CC2=C(C3=N/C(=C\C(C)F)C=C3)[C@H](c3ccc(F)cc3Cl)N=C(C3CC=CS3)N2C1. The van der Waals surface area contributed by atoms with Crippen LogP contribution in [0.25, 0.3) is 0 Å². The molecule has 0 saturated carbocycles. The minimum absolute atomic E-state index is 0.00547. The second kappa shape index (κ2) is 17.0. The summed E-state index contributed by atoms with van der Waals surface area (Å²) in [6, 6.07) is 10.6. The van der Waals surface area contributed by atoms with Crippen LogP contribution >= 0.6 is 46.0 Å². The summed E-state index contributed by atoms with van der Waals surface area (Å²) in [7, 11) is 0. The van der Waals surface area contributed by atoms with E-state index >= 15 is 0 Å². The number of alkyl halides is 2. The van der Waals surface area contributed by atoms with Crippen molar-refractivity contribution in [1.82, 2.24) is 15.2 Å². The highest BCUT2D eigenvalue weighted by Crippen LogP contribution is 2.47. The van der Waals surface area contributed by atoms with Crippen LogP contribution in [0.1, 0.15) is 70.2 Å². The van der Waals surface area contributed by atoms with E-state index < -0.39 is 12.2 Å². The number of hydrogen-bond acceptors (Lipinski definition) is 6. The van der Waals surface area contributed by atoms with Gasteiger partial charge in [0.25, 0.3) is 0 Å². The molecular formula is C41H47ClF2IN5S. The number of aliphatic imine (C=N–C) groups is 2. The van der Waals surface area contributed by atoms with Crippen molar-refractivity contribution in [3.05, 3.63) is 124 Å². The van der Waals surface area contributed by atoms with E-state index in [1.807, 2.05) is 24.4 Å². The van der Waals surface area contributed by atoms with E-state index in [-0.39, 0.29) is 22.4 Å². The Morgan fingerprint density at radius 2 is 2.08 bits per heavy atom. The number of fused-ring (bicyclic) bond motifs is 1. The lowest BCUT2D eigenvalue weighted by atomic mass is 9.78. The van der Waals surface area contributed by atoms with Crippen molar-refractivity contribution in [1.29, 1.82) is 0 Å². The highest BCUT2D eigenvalue weighted by Gasteiger charge is 2.43. The number of halogens is 4. The maximum absolute atomic E-state index is 14.3. The Kier molecular flexibility index (Phi) is 12.7. The van der Waals surface area contributed by atoms with Gasteiger partial charge >= 0.3 is 0 Å². The van der Waals surface area contributed by atoms with Crippen molar-refractivity contribution in [3.63, 3.8) is 0 Å². The van der Waals surface area contributed by atoms with E-state index in [2.05, 4.69) is 82.9 Å². The number of allylic oxidation sites excluding steroid dienone is 6. The van der Waals surface area contributed by atoms with Crippen molar-refractivity contribution in [3.8, 4) is 0 Å². The van der Waals surface area contributed by atoms with Crippen LogP contribution in [-0.4, -0.2) is 56.4 Å². The molecule has 6 rings (SSSR count). The summed E-state index contributed by atoms with van der Waals surface area (Å²) in [6.45, 7) is 12.1. The molecule has 0 bridgehead atoms. The summed E-state index contributed by atoms with van der Waals surface area (Å²) < 4.78 is 29.4. The highest BCUT2D eigenvalue weighted by atomic mass is 127. The first-order valence-corrected chi connectivity index (χ1v) is 20.7. The van der Waals surface area contributed by atoms with Crippen LogP contribution in [0.2, 0.25) is 5.02 Å². The summed E-state index contributed by atoms with van der Waals surface area (Å²) in [5, 5.41) is 6.49. The molecule has 0 amide bonds. The van der Waals surface area contributed by atoms with Crippen LogP contribution in [0.3, 0.4) is 0 Å². The average molecular weight is 842 g/mol. The molecule has 7 atom stereocenters. The van der Waals surface area contributed by atoms with E-state index in [9.17, 15) is 8.78 Å². The Hall–Kier alpha value is -2.60. The lowest BCUT2D eigenvalue weighted by Crippen LogP contribution is -2.40. The van der Waals surface area contributed by atoms with Gasteiger partial charge in [0, 0.05) is 56.2 Å². The number of aromatic nitrogens is 1. The predicted molar refractivity (Wildman–Crippen MR) is 219 cm³/mol. The normalized spacial score (nSPS) is 25.1. The van der Waals surface area contributed by atoms with Gasteiger partial charge in [0.15, 0.2) is 0 Å². The molecule has 4 aliphatic heterocycles. The summed E-state index contributed by atoms with van der Waals surface area (Å²) in [4.78, 5) is 17.4. The van der Waals surface area contributed by atoms with Gasteiger partial charge in [0.2, 0.25) is 0 Å². The van der Waals surface area contributed by atoms with Gasteiger partial charge in [-0.25, -0.2) is 13.8 Å². The second-order valence-electron chi connectivity index (χ2n) is 14.3. The topological polar surface area (TPSA) is 52.9 Å². The van der Waals surface area contributed by atoms with E-state index in [0.29, 0.717) is 22.7 Å². The van der Waals surface area contributed by atoms with Crippen molar-refractivity contribution in [2.75, 3.05) is 17.5 Å². The summed E-state index contributed by atoms with van der Waals surface area (Å²) in [6.07, 6.45) is 15.2. The molecule has 51 heavy (non-hydrogen) atoms. The Morgan fingerprint density at radius 1 is 1.24 bits per heavy atom. The standard InChI is InChI=1S/C41H47ClF2IN5S/c1-5-28(15-19-46-27(3)24-41(4,16-17-45)37-10-6-7-18-47-37)29-22-35-38(34-14-12-31(48-34)21-26(2)43)39(32-13-11-30(44)23-33(32)42)49-40(50(35)25-29)36-9-8-20-51-36/h5-8,10-14,18,20-21,23,26-29,36,39,46H,1,9,15-17,19,22,24-25H2,2-4H3/b31-21-/t26?,27?,28-,29?,36?,39-,41?/m0/s1. The molecule has 0 aliphatic carbocycles. The fourth-order valence-electron chi connectivity index (χ4n) is 7.92. The fourth-order valence-corrected chi connectivity index (χ4v) is 10.3. The number of hydrogen-bond donors (Lipinski definition) is 1. The number of pyridine rings is 1. The fraction of sp³-hybridized carbons (Fsp3) is 0.439. The molecule has 1 fully saturated rings. The van der Waals surface area contributed by atoms with Gasteiger partial charge in [-0.05, 0) is 112 Å². The van der Waals surface area contributed by atoms with Gasteiger partial charge in [-0.2, -0.15) is 0 Å². The van der Waals surface area contributed by atoms with Gasteiger partial charge in [0.1, 0.15) is 23.9 Å². The number of rotatable bonds is 15. The van der Waals surface area contributed by atoms with E-state index in [1.54, 1.807) is 17.8 Å². The molecule has 5 unspecified atom stereocenters. The first-order chi connectivity index (χ1) is 24.6. The molecule has 0 spiro atoms. The molecule has 0 radical (unpaired) electrons. The Bertz CT molecular complexity index is 1760. The molecule has 1 aromatic carbocycles. The third-order valence-corrected chi connectivity index (χ3v) is 12.4. The van der Waals surface area contributed by atoms with Crippen molar-refractivity contribution in [2.45, 2.75) is 81.8 Å². The van der Waals surface area contributed by atoms with Crippen LogP contribution in [0.5, 0.6) is 0 Å². The van der Waals surface area contributed by atoms with Crippen LogP contribution in [0.15, 0.2) is 112 Å². The third-order valence-electron chi connectivity index (χ3n) is 10.5. The average Bonchev–Trinajstić information content (AvgIpc) is 3.89. The minimum Gasteiger partial charge on any atom is -0.332 e. The first-order valence-electron chi connectivity index (χ1n) is 17.9. The highest BCUT2D eigenvalue weighted by molar-refractivity contribution is 14.1. The number of benzene rings is 1. The minimum atomic E-state index is -1.12. The van der Waals surface area contributed by atoms with Crippen molar-refractivity contribution in [2.24, 2.45) is 21.8 Å². The maximum Gasteiger partial charge on any atom is 0.124 e. The molecule has 5 heterocycles. The number of nitrogens with zero attached hydrogens (tertiary/aromatic N) is 4. The molecule has 10 heteroatoms. The smallest absolute Gasteiger partial charge is 0.124 e. The number of amidine groups is 1. The molecule has 4 aliphatic rings. The zero-order valence-electron chi connectivity index (χ0n) is 29.5. The predicted octanol–water partition coefficient (Wildman–Crippen LogP) is 10.5. The molecule has 270 valence electrons. The lowest BCUT2D eigenvalue weighted by Gasteiger charge is -2.35. The maximum atomic E-state index is 14.3. The monoisotopic (exact) mass is 841 g/mol. The lowest BCUT2D eigenvalue weighted by molar-refractivity contribution is 0.328. The van der Waals surface area contributed by atoms with Crippen LogP contribution in [-0.2, 0) is 5.41 Å². The zero-order valence-corrected chi connectivity index (χ0v) is 33.3. The summed E-state index contributed by atoms with van der Waals surface area (Å²) in [5.41, 5.74) is 5.36. The third kappa shape index (κ3) is 8.79. The van der Waals surface area contributed by atoms with Crippen LogP contribution in [0.4, 0.5) is 8.78 Å². The van der Waals surface area contributed by atoms with Gasteiger partial charge in [-0.15, -0.1) is 18.3 Å². The van der Waals surface area contributed by atoms with E-state index in [1.165, 1.54) is 30.8 Å². The summed E-state index contributed by atoms with van der Waals surface area (Å²) in [5.74, 6) is 1.21. The van der Waals surface area contributed by atoms with Gasteiger partial charge in [-0.1, -0.05) is 65.4 Å². The molecule has 1 N–H and O–H groups in total. The second-order valence-corrected chi connectivity index (χ2v) is 16.9. The summed E-state index contributed by atoms with van der Waals surface area (Å²) >= 11 is 11.0. The quantitative estimate of drug-likeness (QED) is 0.110. The first kappa shape index (κ1) is 38.1. The Labute approximate surface area is 324 Å². The van der Waals surface area contributed by atoms with Crippen molar-refractivity contribution < 1.29 is 8.78 Å². The Balaban J connectivity index is 1.27. The van der Waals surface area contributed by atoms with Crippen molar-refractivity contribution >= 4 is 57.5 Å². The number of nitrogens with one attached hydrogen (secondary N) is 1. The van der Waals surface area contributed by atoms with Crippen LogP contribution < -0.4 is 5.32 Å². The zero-order chi connectivity index (χ0) is 36.1. The van der Waals surface area contributed by atoms with Gasteiger partial charge < -0.3 is 10.2 Å².